The topological polar surface area (TPSA) is 141 Å². The van der Waals surface area contributed by atoms with Gasteiger partial charge in [-0.1, -0.05) is 22.9 Å². The summed E-state index contributed by atoms with van der Waals surface area (Å²) in [6.07, 6.45) is -0.717. The second-order valence-corrected chi connectivity index (χ2v) is 10.7. The molecule has 0 aliphatic carbocycles. The lowest BCUT2D eigenvalue weighted by molar-refractivity contribution is 0.0379. The minimum atomic E-state index is -0.784. The van der Waals surface area contributed by atoms with Crippen LogP contribution in [0.1, 0.15) is 13.8 Å². The van der Waals surface area contributed by atoms with Crippen molar-refractivity contribution in [3.8, 4) is 22.2 Å². The van der Waals surface area contributed by atoms with Crippen LogP contribution in [0.15, 0.2) is 57.9 Å². The first-order chi connectivity index (χ1) is 20.2. The standard InChI is InChI=1S/C28H21ClFN5O6S/c1-12(13(2)40-27(36)32-16-4-5-20-22(9-16)41-28(37)34-20)39-24-19(30)10-21-26(35-24)42-25(33-21)18-8-15(29)6-14-7-17(38-3)11-31-23(14)18/h4-13H,1-3H3,(H,32,36)(H,34,37)/t12-,13+/m0/s1. The molecule has 2 atom stereocenters. The van der Waals surface area contributed by atoms with E-state index in [0.29, 0.717) is 48.4 Å². The monoisotopic (exact) mass is 609 g/mol. The Morgan fingerprint density at radius 2 is 1.98 bits per heavy atom. The number of hydrogen-bond donors (Lipinski definition) is 2. The van der Waals surface area contributed by atoms with E-state index in [2.05, 4.69) is 25.3 Å². The molecule has 1 amide bonds. The highest BCUT2D eigenvalue weighted by Crippen LogP contribution is 2.37. The molecular weight excluding hydrogens is 589 g/mol. The van der Waals surface area contributed by atoms with Gasteiger partial charge in [0.15, 0.2) is 11.4 Å². The molecule has 0 aliphatic rings. The lowest BCUT2D eigenvalue weighted by Crippen LogP contribution is -2.33. The van der Waals surface area contributed by atoms with Gasteiger partial charge in [-0.05, 0) is 44.2 Å². The smallest absolute Gasteiger partial charge is 0.417 e. The first kappa shape index (κ1) is 27.4. The molecule has 42 heavy (non-hydrogen) atoms. The van der Waals surface area contributed by atoms with Gasteiger partial charge < -0.3 is 18.6 Å². The number of benzene rings is 2. The average molecular weight is 610 g/mol. The quantitative estimate of drug-likeness (QED) is 0.206. The van der Waals surface area contributed by atoms with Crippen LogP contribution in [0.4, 0.5) is 14.9 Å². The number of nitrogens with zero attached hydrogens (tertiary/aromatic N) is 3. The SMILES string of the molecule is COc1cnc2c(-c3nc4cc(F)c(O[C@@H](C)[C@@H](C)OC(=O)Nc5ccc6[nH]c(=O)oc6c5)nc4s3)cc(Cl)cc2c1. The Balaban J connectivity index is 1.18. The Kier molecular flexibility index (Phi) is 7.12. The number of ether oxygens (including phenoxy) is 3. The van der Waals surface area contributed by atoms with Crippen molar-refractivity contribution in [2.24, 2.45) is 0 Å². The molecule has 0 unspecified atom stereocenters. The molecule has 14 heteroatoms. The van der Waals surface area contributed by atoms with Crippen molar-refractivity contribution in [2.45, 2.75) is 26.1 Å². The molecule has 214 valence electrons. The number of pyridine rings is 2. The van der Waals surface area contributed by atoms with Crippen LogP contribution in [0.2, 0.25) is 5.02 Å². The number of anilines is 1. The third-order valence-electron chi connectivity index (χ3n) is 6.41. The largest absolute Gasteiger partial charge is 0.495 e. The molecule has 0 aliphatic heterocycles. The molecule has 0 bridgehead atoms. The van der Waals surface area contributed by atoms with Crippen LogP contribution in [0, 0.1) is 5.82 Å². The molecule has 2 N–H and O–H groups in total. The normalized spacial score (nSPS) is 12.9. The zero-order valence-electron chi connectivity index (χ0n) is 22.2. The van der Waals surface area contributed by atoms with Gasteiger partial charge in [0.05, 0.1) is 24.3 Å². The van der Waals surface area contributed by atoms with Crippen molar-refractivity contribution in [2.75, 3.05) is 12.4 Å². The maximum Gasteiger partial charge on any atom is 0.417 e. The minimum Gasteiger partial charge on any atom is -0.495 e. The van der Waals surface area contributed by atoms with E-state index in [1.807, 2.05) is 6.07 Å². The van der Waals surface area contributed by atoms with Crippen molar-refractivity contribution in [3.05, 3.63) is 70.1 Å². The number of aromatic nitrogens is 4. The van der Waals surface area contributed by atoms with Crippen LogP contribution in [0.5, 0.6) is 11.6 Å². The molecule has 11 nitrogen and oxygen atoms in total. The summed E-state index contributed by atoms with van der Waals surface area (Å²) < 4.78 is 36.4. The Bertz CT molecular complexity index is 2040. The highest BCUT2D eigenvalue weighted by molar-refractivity contribution is 7.21. The number of carbonyl (C=O) groups is 1. The number of thiazole rings is 1. The number of oxazole rings is 1. The number of methoxy groups -OCH3 is 1. The number of rotatable bonds is 7. The summed E-state index contributed by atoms with van der Waals surface area (Å²) in [5.41, 5.74) is 2.81. The minimum absolute atomic E-state index is 0.257. The van der Waals surface area contributed by atoms with Crippen LogP contribution < -0.4 is 20.5 Å². The number of nitrogens with one attached hydrogen (secondary N) is 2. The van der Waals surface area contributed by atoms with Crippen LogP contribution in [-0.4, -0.2) is 45.3 Å². The van der Waals surface area contributed by atoms with Gasteiger partial charge in [-0.3, -0.25) is 15.3 Å². The van der Waals surface area contributed by atoms with Gasteiger partial charge in [0.2, 0.25) is 0 Å². The van der Waals surface area contributed by atoms with E-state index in [-0.39, 0.29) is 11.5 Å². The molecule has 0 saturated carbocycles. The molecular formula is C28H21ClFN5O6S. The van der Waals surface area contributed by atoms with Gasteiger partial charge in [0, 0.05) is 33.8 Å². The van der Waals surface area contributed by atoms with Gasteiger partial charge in [-0.25, -0.2) is 19.0 Å². The van der Waals surface area contributed by atoms with E-state index in [1.165, 1.54) is 23.5 Å². The van der Waals surface area contributed by atoms with E-state index in [0.717, 1.165) is 5.39 Å². The molecule has 0 saturated heterocycles. The zero-order valence-corrected chi connectivity index (χ0v) is 23.8. The molecule has 0 fully saturated rings. The van der Waals surface area contributed by atoms with Crippen molar-refractivity contribution < 1.29 is 27.8 Å². The lowest BCUT2D eigenvalue weighted by atomic mass is 10.1. The molecule has 0 spiro atoms. The molecule has 6 rings (SSSR count). The maximum atomic E-state index is 15.0. The number of amides is 1. The third-order valence-corrected chi connectivity index (χ3v) is 7.63. The zero-order chi connectivity index (χ0) is 29.5. The first-order valence-electron chi connectivity index (χ1n) is 12.5. The summed E-state index contributed by atoms with van der Waals surface area (Å²) in [6.45, 7) is 3.23. The molecule has 2 aromatic carbocycles. The van der Waals surface area contributed by atoms with Crippen LogP contribution in [-0.2, 0) is 4.74 Å². The number of hydrogen-bond acceptors (Lipinski definition) is 10. The lowest BCUT2D eigenvalue weighted by Gasteiger charge is -2.21. The van der Waals surface area contributed by atoms with E-state index >= 15 is 4.39 Å². The van der Waals surface area contributed by atoms with Gasteiger partial charge in [0.1, 0.15) is 33.3 Å². The van der Waals surface area contributed by atoms with Gasteiger partial charge in [-0.2, -0.15) is 4.98 Å². The predicted molar refractivity (Wildman–Crippen MR) is 156 cm³/mol. The van der Waals surface area contributed by atoms with Crippen molar-refractivity contribution in [1.82, 2.24) is 19.9 Å². The van der Waals surface area contributed by atoms with Crippen LogP contribution in [0.3, 0.4) is 0 Å². The van der Waals surface area contributed by atoms with E-state index in [1.54, 1.807) is 51.4 Å². The highest BCUT2D eigenvalue weighted by atomic mass is 35.5. The Morgan fingerprint density at radius 1 is 1.14 bits per heavy atom. The molecule has 0 radical (unpaired) electrons. The van der Waals surface area contributed by atoms with Crippen molar-refractivity contribution in [1.29, 1.82) is 0 Å². The highest BCUT2D eigenvalue weighted by Gasteiger charge is 2.23. The fourth-order valence-electron chi connectivity index (χ4n) is 4.20. The number of H-pyrrole nitrogens is 1. The van der Waals surface area contributed by atoms with Gasteiger partial charge in [0.25, 0.3) is 5.88 Å². The Labute approximate surface area is 245 Å². The fourth-order valence-corrected chi connectivity index (χ4v) is 5.36. The van der Waals surface area contributed by atoms with Crippen LogP contribution in [0.25, 0.3) is 42.9 Å². The average Bonchev–Trinajstić information content (AvgIpc) is 3.53. The predicted octanol–water partition coefficient (Wildman–Crippen LogP) is 6.55. The van der Waals surface area contributed by atoms with Crippen molar-refractivity contribution >= 4 is 67.1 Å². The molecule has 6 aromatic rings. The summed E-state index contributed by atoms with van der Waals surface area (Å²) >= 11 is 7.60. The van der Waals surface area contributed by atoms with E-state index in [9.17, 15) is 9.59 Å². The number of fused-ring (bicyclic) bond motifs is 3. The molecule has 4 aromatic heterocycles. The second kappa shape index (κ2) is 10.9. The number of aromatic amines is 1. The number of halogens is 2. The Morgan fingerprint density at radius 3 is 2.79 bits per heavy atom. The third kappa shape index (κ3) is 5.43. The van der Waals surface area contributed by atoms with Gasteiger partial charge >= 0.3 is 11.8 Å². The fraction of sp³-hybridized carbons (Fsp3) is 0.179. The Hall–Kier alpha value is -4.75. The molecule has 4 heterocycles. The summed E-state index contributed by atoms with van der Waals surface area (Å²) in [7, 11) is 1.55. The van der Waals surface area contributed by atoms with E-state index < -0.39 is 29.9 Å². The maximum absolute atomic E-state index is 15.0. The van der Waals surface area contributed by atoms with Crippen molar-refractivity contribution in [3.63, 3.8) is 0 Å². The summed E-state index contributed by atoms with van der Waals surface area (Å²) in [4.78, 5) is 40.1. The summed E-state index contributed by atoms with van der Waals surface area (Å²) in [5, 5.41) is 4.36. The summed E-state index contributed by atoms with van der Waals surface area (Å²) in [6, 6.07) is 11.2. The summed E-state index contributed by atoms with van der Waals surface area (Å²) in [5.74, 6) is -0.992. The second-order valence-electron chi connectivity index (χ2n) is 9.30. The van der Waals surface area contributed by atoms with Gasteiger partial charge in [-0.15, -0.1) is 0 Å². The first-order valence-corrected chi connectivity index (χ1v) is 13.7. The van der Waals surface area contributed by atoms with E-state index in [4.69, 9.17) is 30.2 Å². The number of carbonyl (C=O) groups excluding carboxylic acids is 1. The van der Waals surface area contributed by atoms with Crippen LogP contribution >= 0.6 is 22.9 Å².